The number of nitrogens with zero attached hydrogens (tertiary/aromatic N) is 2. The standard InChI is InChI=1S/C17H12Cl4N2OS/c18-12-3-1-11(2-4-12)16(17(21)23-8-7-22-10-23)25(24)13-5-6-14(19)15(20)9-13/h1-10,16-17H. The highest BCUT2D eigenvalue weighted by Gasteiger charge is 2.35. The second kappa shape index (κ2) is 8.21. The van der Waals surface area contributed by atoms with Gasteiger partial charge in [-0.3, -0.25) is 0 Å². The van der Waals surface area contributed by atoms with Crippen molar-refractivity contribution in [1.29, 1.82) is 0 Å². The van der Waals surface area contributed by atoms with Crippen LogP contribution in [0.5, 0.6) is 0 Å². The molecule has 0 amide bonds. The first-order valence-electron chi connectivity index (χ1n) is 7.20. The molecule has 1 heterocycles. The molecule has 3 atom stereocenters. The molecule has 0 saturated heterocycles. The van der Waals surface area contributed by atoms with Crippen molar-refractivity contribution in [3.05, 3.63) is 81.8 Å². The van der Waals surface area contributed by atoms with Gasteiger partial charge in [0.05, 0.1) is 16.4 Å². The van der Waals surface area contributed by atoms with Gasteiger partial charge in [0.1, 0.15) is 0 Å². The van der Waals surface area contributed by atoms with E-state index < -0.39 is 21.9 Å². The van der Waals surface area contributed by atoms with Crippen molar-refractivity contribution in [2.24, 2.45) is 0 Å². The number of hydrogen-bond acceptors (Lipinski definition) is 2. The predicted molar refractivity (Wildman–Crippen MR) is 104 cm³/mol. The Morgan fingerprint density at radius 2 is 1.72 bits per heavy atom. The number of halogens is 4. The van der Waals surface area contributed by atoms with E-state index in [1.807, 2.05) is 12.1 Å². The largest absolute Gasteiger partial charge is 0.611 e. The van der Waals surface area contributed by atoms with Crippen LogP contribution in [0, 0.1) is 0 Å². The fourth-order valence-electron chi connectivity index (χ4n) is 2.36. The molecule has 3 nitrogen and oxygen atoms in total. The molecule has 0 radical (unpaired) electrons. The number of hydrogen-bond donors (Lipinski definition) is 0. The maximum Gasteiger partial charge on any atom is 0.180 e. The molecule has 0 bridgehead atoms. The Morgan fingerprint density at radius 3 is 2.32 bits per heavy atom. The number of benzene rings is 2. The van der Waals surface area contributed by atoms with Gasteiger partial charge in [0.15, 0.2) is 15.6 Å². The predicted octanol–water partition coefficient (Wildman–Crippen LogP) is 6.13. The lowest BCUT2D eigenvalue weighted by molar-refractivity contribution is 0.553. The summed E-state index contributed by atoms with van der Waals surface area (Å²) >= 11 is 23.2. The van der Waals surface area contributed by atoms with E-state index in [1.165, 1.54) is 0 Å². The second-order valence-corrected chi connectivity index (χ2v) is 8.50. The van der Waals surface area contributed by atoms with Crippen molar-refractivity contribution >= 4 is 57.6 Å². The summed E-state index contributed by atoms with van der Waals surface area (Å²) < 4.78 is 15.0. The Hall–Kier alpha value is -0.880. The maximum absolute atomic E-state index is 13.3. The average molecular weight is 434 g/mol. The van der Waals surface area contributed by atoms with Gasteiger partial charge in [0, 0.05) is 29.0 Å². The molecule has 1 aromatic heterocycles. The van der Waals surface area contributed by atoms with Crippen LogP contribution in [0.3, 0.4) is 0 Å². The van der Waals surface area contributed by atoms with Crippen LogP contribution in [-0.4, -0.2) is 14.1 Å². The van der Waals surface area contributed by atoms with E-state index in [1.54, 1.807) is 53.6 Å². The van der Waals surface area contributed by atoms with Crippen molar-refractivity contribution in [3.8, 4) is 0 Å². The lowest BCUT2D eigenvalue weighted by Gasteiger charge is -2.26. The Morgan fingerprint density at radius 1 is 1.00 bits per heavy atom. The van der Waals surface area contributed by atoms with Crippen LogP contribution in [0.15, 0.2) is 66.1 Å². The van der Waals surface area contributed by atoms with E-state index in [0.717, 1.165) is 5.56 Å². The van der Waals surface area contributed by atoms with E-state index in [9.17, 15) is 4.55 Å². The average Bonchev–Trinajstić information content (AvgIpc) is 3.13. The van der Waals surface area contributed by atoms with Gasteiger partial charge in [-0.2, -0.15) is 0 Å². The molecule has 0 spiro atoms. The molecule has 0 N–H and O–H groups in total. The molecule has 0 saturated carbocycles. The molecule has 130 valence electrons. The highest BCUT2D eigenvalue weighted by Crippen LogP contribution is 2.41. The zero-order valence-corrected chi connectivity index (χ0v) is 16.5. The van der Waals surface area contributed by atoms with Crippen molar-refractivity contribution in [3.63, 3.8) is 0 Å². The van der Waals surface area contributed by atoms with Crippen LogP contribution in [0.25, 0.3) is 0 Å². The number of imidazole rings is 1. The molecule has 3 aromatic rings. The van der Waals surface area contributed by atoms with E-state index >= 15 is 0 Å². The maximum atomic E-state index is 13.3. The normalized spacial score (nSPS) is 14.9. The summed E-state index contributed by atoms with van der Waals surface area (Å²) in [5.41, 5.74) is 0.182. The van der Waals surface area contributed by atoms with Crippen molar-refractivity contribution < 1.29 is 4.55 Å². The van der Waals surface area contributed by atoms with Gasteiger partial charge in [0.25, 0.3) is 0 Å². The summed E-state index contributed by atoms with van der Waals surface area (Å²) in [6, 6.07) is 12.0. The molecular formula is C17H12Cl4N2OS. The monoisotopic (exact) mass is 432 g/mol. The minimum atomic E-state index is -1.48. The summed E-state index contributed by atoms with van der Waals surface area (Å²) in [6.07, 6.45) is 4.94. The van der Waals surface area contributed by atoms with Crippen molar-refractivity contribution in [2.75, 3.05) is 0 Å². The molecule has 0 fully saturated rings. The third kappa shape index (κ3) is 4.27. The lowest BCUT2D eigenvalue weighted by Crippen LogP contribution is -2.21. The first kappa shape index (κ1) is 18.9. The van der Waals surface area contributed by atoms with E-state index in [2.05, 4.69) is 4.98 Å². The minimum absolute atomic E-state index is 0.344. The van der Waals surface area contributed by atoms with Crippen LogP contribution in [0.4, 0.5) is 0 Å². The van der Waals surface area contributed by atoms with Crippen molar-refractivity contribution in [2.45, 2.75) is 15.6 Å². The number of rotatable bonds is 5. The summed E-state index contributed by atoms with van der Waals surface area (Å²) in [6.45, 7) is 0. The Balaban J connectivity index is 2.03. The van der Waals surface area contributed by atoms with Crippen LogP contribution < -0.4 is 0 Å². The summed E-state index contributed by atoms with van der Waals surface area (Å²) in [4.78, 5) is 4.55. The smallest absolute Gasteiger partial charge is 0.180 e. The molecule has 0 aliphatic carbocycles. The first-order chi connectivity index (χ1) is 12.0. The number of alkyl halides is 1. The van der Waals surface area contributed by atoms with Gasteiger partial charge in [0.2, 0.25) is 0 Å². The number of aromatic nitrogens is 2. The molecule has 0 aliphatic heterocycles. The van der Waals surface area contributed by atoms with Gasteiger partial charge < -0.3 is 9.12 Å². The summed E-state index contributed by atoms with van der Waals surface area (Å²) in [5.74, 6) is 0. The molecule has 8 heteroatoms. The molecule has 3 rings (SSSR count). The second-order valence-electron chi connectivity index (χ2n) is 5.23. The van der Waals surface area contributed by atoms with Crippen LogP contribution >= 0.6 is 46.4 Å². The van der Waals surface area contributed by atoms with E-state index in [4.69, 9.17) is 46.4 Å². The SMILES string of the molecule is [O-][S+](c1ccc(Cl)c(Cl)c1)C(c1ccc(Cl)cc1)C(Cl)n1ccnc1. The van der Waals surface area contributed by atoms with E-state index in [-0.39, 0.29) is 0 Å². The third-order valence-electron chi connectivity index (χ3n) is 3.61. The fourth-order valence-corrected chi connectivity index (χ4v) is 4.87. The first-order valence-corrected chi connectivity index (χ1v) is 9.98. The summed E-state index contributed by atoms with van der Waals surface area (Å²) in [5, 5.41) is 0.806. The Bertz CT molecular complexity index is 842. The van der Waals surface area contributed by atoms with Crippen LogP contribution in [0.1, 0.15) is 16.3 Å². The summed E-state index contributed by atoms with van der Waals surface area (Å²) in [7, 11) is 0. The Kier molecular flexibility index (Phi) is 6.21. The van der Waals surface area contributed by atoms with Gasteiger partial charge in [-0.05, 0) is 35.4 Å². The topological polar surface area (TPSA) is 40.9 Å². The minimum Gasteiger partial charge on any atom is -0.611 e. The molecule has 25 heavy (non-hydrogen) atoms. The van der Waals surface area contributed by atoms with Gasteiger partial charge in [-0.15, -0.1) is 0 Å². The zero-order valence-electron chi connectivity index (χ0n) is 12.7. The molecule has 3 unspecified atom stereocenters. The zero-order chi connectivity index (χ0) is 18.0. The molecule has 0 aliphatic rings. The Labute approximate surface area is 168 Å². The van der Waals surface area contributed by atoms with E-state index in [0.29, 0.717) is 20.0 Å². The third-order valence-corrected chi connectivity index (χ3v) is 6.94. The quantitative estimate of drug-likeness (QED) is 0.358. The molecular weight excluding hydrogens is 422 g/mol. The van der Waals surface area contributed by atoms with Crippen molar-refractivity contribution in [1.82, 2.24) is 9.55 Å². The highest BCUT2D eigenvalue weighted by molar-refractivity contribution is 7.91. The van der Waals surface area contributed by atoms with Crippen LogP contribution in [0.2, 0.25) is 15.1 Å². The lowest BCUT2D eigenvalue weighted by atomic mass is 10.1. The van der Waals surface area contributed by atoms with Gasteiger partial charge >= 0.3 is 0 Å². The van der Waals surface area contributed by atoms with Gasteiger partial charge in [-0.25, -0.2) is 4.98 Å². The fraction of sp³-hybridized carbons (Fsp3) is 0.118. The highest BCUT2D eigenvalue weighted by atomic mass is 35.5. The van der Waals surface area contributed by atoms with Crippen LogP contribution in [-0.2, 0) is 11.2 Å². The van der Waals surface area contributed by atoms with Gasteiger partial charge in [-0.1, -0.05) is 58.5 Å². The molecule has 2 aromatic carbocycles.